The van der Waals surface area contributed by atoms with Crippen LogP contribution in [0.5, 0.6) is 0 Å². The van der Waals surface area contributed by atoms with Gasteiger partial charge in [-0.3, -0.25) is 9.59 Å². The third kappa shape index (κ3) is 5.13. The van der Waals surface area contributed by atoms with Gasteiger partial charge in [0, 0.05) is 30.4 Å². The quantitative estimate of drug-likeness (QED) is 0.785. The van der Waals surface area contributed by atoms with E-state index in [1.165, 1.54) is 6.42 Å². The molecule has 5 heteroatoms. The second-order valence-electron chi connectivity index (χ2n) is 5.91. The maximum Gasteiger partial charge on any atom is 0.227 e. The molecule has 2 rings (SSSR count). The van der Waals surface area contributed by atoms with Crippen LogP contribution >= 0.6 is 11.3 Å². The summed E-state index contributed by atoms with van der Waals surface area (Å²) in [6.45, 7) is 4.35. The normalized spacial score (nSPS) is 15.8. The van der Waals surface area contributed by atoms with Gasteiger partial charge in [-0.15, -0.1) is 11.3 Å². The predicted molar refractivity (Wildman–Crippen MR) is 89.9 cm³/mol. The average molecular weight is 322 g/mol. The van der Waals surface area contributed by atoms with E-state index < -0.39 is 0 Å². The number of likely N-dealkylation sites (tertiary alicyclic amines) is 1. The van der Waals surface area contributed by atoms with Crippen molar-refractivity contribution in [2.24, 2.45) is 5.92 Å². The lowest BCUT2D eigenvalue weighted by molar-refractivity contribution is -0.135. The third-order valence-electron chi connectivity index (χ3n) is 4.20. The molecule has 1 N–H and O–H groups in total. The zero-order valence-electron chi connectivity index (χ0n) is 13.3. The summed E-state index contributed by atoms with van der Waals surface area (Å²) in [5.74, 6) is 0.429. The number of hydrogen-bond donors (Lipinski definition) is 1. The lowest BCUT2D eigenvalue weighted by Crippen LogP contribution is -2.43. The molecule has 0 bridgehead atoms. The molecule has 0 saturated carbocycles. The monoisotopic (exact) mass is 322 g/mol. The Kier molecular flexibility index (Phi) is 6.90. The maximum atomic E-state index is 12.2. The van der Waals surface area contributed by atoms with E-state index >= 15 is 0 Å². The van der Waals surface area contributed by atoms with Gasteiger partial charge in [0.15, 0.2) is 0 Å². The van der Waals surface area contributed by atoms with Crippen LogP contribution in [-0.4, -0.2) is 36.3 Å². The first-order chi connectivity index (χ1) is 10.7. The molecule has 0 aliphatic carbocycles. The third-order valence-corrected chi connectivity index (χ3v) is 5.08. The van der Waals surface area contributed by atoms with E-state index in [0.717, 1.165) is 37.1 Å². The number of nitrogens with one attached hydrogen (secondary N) is 1. The highest BCUT2D eigenvalue weighted by Crippen LogP contribution is 2.19. The zero-order valence-corrected chi connectivity index (χ0v) is 14.2. The molecule has 122 valence electrons. The first-order valence-corrected chi connectivity index (χ1v) is 9.16. The molecule has 2 amide bonds. The lowest BCUT2D eigenvalue weighted by atomic mass is 9.95. The number of carbonyl (C=O) groups excluding carboxylic acids is 2. The molecule has 0 atom stereocenters. The summed E-state index contributed by atoms with van der Waals surface area (Å²) in [7, 11) is 0. The van der Waals surface area contributed by atoms with Crippen LogP contribution < -0.4 is 5.32 Å². The lowest BCUT2D eigenvalue weighted by Gasteiger charge is -2.31. The van der Waals surface area contributed by atoms with Gasteiger partial charge in [0.1, 0.15) is 0 Å². The largest absolute Gasteiger partial charge is 0.356 e. The van der Waals surface area contributed by atoms with Crippen molar-refractivity contribution < 1.29 is 9.59 Å². The van der Waals surface area contributed by atoms with E-state index in [-0.39, 0.29) is 17.7 Å². The number of unbranched alkanes of at least 4 members (excludes halogenated alkanes) is 2. The molecular formula is C17H26N2O2S. The van der Waals surface area contributed by atoms with Crippen molar-refractivity contribution in [3.63, 3.8) is 0 Å². The Morgan fingerprint density at radius 2 is 2.09 bits per heavy atom. The highest BCUT2D eigenvalue weighted by Gasteiger charge is 2.27. The highest BCUT2D eigenvalue weighted by molar-refractivity contribution is 7.10. The minimum absolute atomic E-state index is 0.0763. The van der Waals surface area contributed by atoms with Crippen LogP contribution in [0.1, 0.15) is 43.9 Å². The smallest absolute Gasteiger partial charge is 0.227 e. The van der Waals surface area contributed by atoms with E-state index in [4.69, 9.17) is 0 Å². The molecule has 0 unspecified atom stereocenters. The van der Waals surface area contributed by atoms with Crippen LogP contribution in [0.3, 0.4) is 0 Å². The molecule has 4 nitrogen and oxygen atoms in total. The Bertz CT molecular complexity index is 465. The Morgan fingerprint density at radius 1 is 1.32 bits per heavy atom. The topological polar surface area (TPSA) is 49.4 Å². The van der Waals surface area contributed by atoms with E-state index in [1.54, 1.807) is 11.3 Å². The number of nitrogens with zero attached hydrogens (tertiary/aromatic N) is 1. The standard InChI is InChI=1S/C17H26N2O2S/c1-2-3-4-9-18-17(21)14-7-10-19(11-8-14)16(20)13-15-6-5-12-22-15/h5-6,12,14H,2-4,7-11,13H2,1H3,(H,18,21). The fraction of sp³-hybridized carbons (Fsp3) is 0.647. The Morgan fingerprint density at radius 3 is 2.73 bits per heavy atom. The first-order valence-electron chi connectivity index (χ1n) is 8.28. The van der Waals surface area contributed by atoms with Gasteiger partial charge in [0.05, 0.1) is 6.42 Å². The molecule has 1 aliphatic rings. The molecule has 0 radical (unpaired) electrons. The van der Waals surface area contributed by atoms with Crippen LogP contribution in [0.15, 0.2) is 17.5 Å². The molecule has 2 heterocycles. The molecular weight excluding hydrogens is 296 g/mol. The van der Waals surface area contributed by atoms with E-state index in [0.29, 0.717) is 19.5 Å². The highest BCUT2D eigenvalue weighted by atomic mass is 32.1. The van der Waals surface area contributed by atoms with Gasteiger partial charge in [0.2, 0.25) is 11.8 Å². The summed E-state index contributed by atoms with van der Waals surface area (Å²) in [6, 6.07) is 3.97. The minimum Gasteiger partial charge on any atom is -0.356 e. The number of thiophene rings is 1. The minimum atomic E-state index is 0.0763. The van der Waals surface area contributed by atoms with Gasteiger partial charge in [-0.25, -0.2) is 0 Å². The molecule has 22 heavy (non-hydrogen) atoms. The van der Waals surface area contributed by atoms with Crippen molar-refractivity contribution in [3.05, 3.63) is 22.4 Å². The zero-order chi connectivity index (χ0) is 15.8. The van der Waals surface area contributed by atoms with E-state index in [2.05, 4.69) is 12.2 Å². The molecule has 1 saturated heterocycles. The maximum absolute atomic E-state index is 12.2. The van der Waals surface area contributed by atoms with Crippen molar-refractivity contribution in [1.29, 1.82) is 0 Å². The number of rotatable bonds is 7. The second kappa shape index (κ2) is 8.93. The summed E-state index contributed by atoms with van der Waals surface area (Å²) < 4.78 is 0. The van der Waals surface area contributed by atoms with Crippen molar-refractivity contribution in [1.82, 2.24) is 10.2 Å². The van der Waals surface area contributed by atoms with Crippen molar-refractivity contribution >= 4 is 23.2 Å². The van der Waals surface area contributed by atoms with Gasteiger partial charge in [-0.1, -0.05) is 25.8 Å². The molecule has 1 aromatic heterocycles. The Labute approximate surface area is 136 Å². The van der Waals surface area contributed by atoms with Gasteiger partial charge in [-0.05, 0) is 30.7 Å². The van der Waals surface area contributed by atoms with Crippen LogP contribution in [0, 0.1) is 5.92 Å². The van der Waals surface area contributed by atoms with Crippen LogP contribution in [-0.2, 0) is 16.0 Å². The Balaban J connectivity index is 1.68. The molecule has 1 aromatic rings. The molecule has 1 aliphatic heterocycles. The number of piperidine rings is 1. The summed E-state index contributed by atoms with van der Waals surface area (Å²) in [5.41, 5.74) is 0. The van der Waals surface area contributed by atoms with Crippen molar-refractivity contribution in [2.75, 3.05) is 19.6 Å². The van der Waals surface area contributed by atoms with Crippen LogP contribution in [0.4, 0.5) is 0 Å². The van der Waals surface area contributed by atoms with Gasteiger partial charge in [0.25, 0.3) is 0 Å². The second-order valence-corrected chi connectivity index (χ2v) is 6.94. The van der Waals surface area contributed by atoms with Gasteiger partial charge < -0.3 is 10.2 Å². The molecule has 0 aromatic carbocycles. The van der Waals surface area contributed by atoms with Crippen LogP contribution in [0.25, 0.3) is 0 Å². The van der Waals surface area contributed by atoms with E-state index in [9.17, 15) is 9.59 Å². The average Bonchev–Trinajstić information content (AvgIpc) is 3.04. The summed E-state index contributed by atoms with van der Waals surface area (Å²) in [6.07, 6.45) is 5.45. The van der Waals surface area contributed by atoms with E-state index in [1.807, 2.05) is 22.4 Å². The fourth-order valence-electron chi connectivity index (χ4n) is 2.80. The predicted octanol–water partition coefficient (Wildman–Crippen LogP) is 2.84. The summed E-state index contributed by atoms with van der Waals surface area (Å²) >= 11 is 1.62. The number of carbonyl (C=O) groups is 2. The SMILES string of the molecule is CCCCCNC(=O)C1CCN(C(=O)Cc2cccs2)CC1. The van der Waals surface area contributed by atoms with Crippen LogP contribution in [0.2, 0.25) is 0 Å². The fourth-order valence-corrected chi connectivity index (χ4v) is 3.49. The summed E-state index contributed by atoms with van der Waals surface area (Å²) in [5, 5.41) is 5.02. The van der Waals surface area contributed by atoms with Gasteiger partial charge in [-0.2, -0.15) is 0 Å². The summed E-state index contributed by atoms with van der Waals surface area (Å²) in [4.78, 5) is 27.3. The Hall–Kier alpha value is -1.36. The van der Waals surface area contributed by atoms with Crippen molar-refractivity contribution in [3.8, 4) is 0 Å². The molecule has 0 spiro atoms. The number of amides is 2. The number of hydrogen-bond acceptors (Lipinski definition) is 3. The molecule has 1 fully saturated rings. The van der Waals surface area contributed by atoms with Gasteiger partial charge >= 0.3 is 0 Å². The first kappa shape index (κ1) is 17.0. The van der Waals surface area contributed by atoms with Crippen molar-refractivity contribution in [2.45, 2.75) is 45.4 Å².